The predicted molar refractivity (Wildman–Crippen MR) is 182 cm³/mol. The Kier molecular flexibility index (Phi) is 12.2. The molecule has 0 unspecified atom stereocenters. The van der Waals surface area contributed by atoms with Crippen LogP contribution in [0.4, 0.5) is 5.69 Å². The van der Waals surface area contributed by atoms with Gasteiger partial charge in [0.1, 0.15) is 18.3 Å². The Hall–Kier alpha value is -4.34. The zero-order valence-electron chi connectivity index (χ0n) is 26.3. The van der Waals surface area contributed by atoms with Crippen LogP contribution in [0.1, 0.15) is 31.9 Å². The van der Waals surface area contributed by atoms with E-state index in [1.54, 1.807) is 66.7 Å². The minimum absolute atomic E-state index is 0.00634. The molecule has 46 heavy (non-hydrogen) atoms. The lowest BCUT2D eigenvalue weighted by Crippen LogP contribution is -2.53. The molecule has 0 spiro atoms. The summed E-state index contributed by atoms with van der Waals surface area (Å²) < 4.78 is 34.9. The van der Waals surface area contributed by atoms with Gasteiger partial charge in [0.2, 0.25) is 11.8 Å². The highest BCUT2D eigenvalue weighted by Crippen LogP contribution is 2.27. The summed E-state index contributed by atoms with van der Waals surface area (Å²) in [5, 5.41) is 3.42. The number of nitrogens with zero attached hydrogens (tertiary/aromatic N) is 2. The van der Waals surface area contributed by atoms with Crippen LogP contribution in [0.5, 0.6) is 5.75 Å². The molecule has 0 saturated heterocycles. The van der Waals surface area contributed by atoms with Gasteiger partial charge in [0, 0.05) is 24.5 Å². The first-order valence-electron chi connectivity index (χ1n) is 15.2. The molecule has 1 atom stereocenters. The lowest BCUT2D eigenvalue weighted by atomic mass is 10.0. The van der Waals surface area contributed by atoms with E-state index in [4.69, 9.17) is 16.3 Å². The van der Waals surface area contributed by atoms with Crippen molar-refractivity contribution in [1.29, 1.82) is 0 Å². The van der Waals surface area contributed by atoms with Crippen molar-refractivity contribution in [2.24, 2.45) is 5.92 Å². The minimum Gasteiger partial charge on any atom is -0.494 e. The summed E-state index contributed by atoms with van der Waals surface area (Å²) in [6, 6.07) is 30.1. The average molecular weight is 662 g/mol. The summed E-state index contributed by atoms with van der Waals surface area (Å²) in [4.78, 5) is 29.9. The first-order chi connectivity index (χ1) is 22.1. The van der Waals surface area contributed by atoms with Gasteiger partial charge in [-0.05, 0) is 66.4 Å². The number of anilines is 1. The first kappa shape index (κ1) is 34.5. The van der Waals surface area contributed by atoms with E-state index in [2.05, 4.69) is 5.32 Å². The summed E-state index contributed by atoms with van der Waals surface area (Å²) >= 11 is 6.56. The van der Waals surface area contributed by atoms with Crippen molar-refractivity contribution >= 4 is 39.1 Å². The van der Waals surface area contributed by atoms with E-state index in [1.165, 1.54) is 17.0 Å². The summed E-state index contributed by atoms with van der Waals surface area (Å²) in [6.45, 7) is 6.13. The molecule has 8 nitrogen and oxygen atoms in total. The van der Waals surface area contributed by atoms with Gasteiger partial charge in [0.25, 0.3) is 10.0 Å². The average Bonchev–Trinajstić information content (AvgIpc) is 3.06. The van der Waals surface area contributed by atoms with Crippen molar-refractivity contribution in [3.8, 4) is 5.75 Å². The van der Waals surface area contributed by atoms with Gasteiger partial charge >= 0.3 is 0 Å². The van der Waals surface area contributed by atoms with Crippen molar-refractivity contribution in [3.05, 3.63) is 125 Å². The lowest BCUT2D eigenvalue weighted by Gasteiger charge is -2.34. The Labute approximate surface area is 277 Å². The largest absolute Gasteiger partial charge is 0.494 e. The van der Waals surface area contributed by atoms with E-state index < -0.39 is 28.5 Å². The summed E-state index contributed by atoms with van der Waals surface area (Å²) in [6.07, 6.45) is 0.218. The van der Waals surface area contributed by atoms with Crippen molar-refractivity contribution in [2.75, 3.05) is 24.0 Å². The van der Waals surface area contributed by atoms with Crippen LogP contribution in [0.2, 0.25) is 5.02 Å². The molecule has 0 heterocycles. The SMILES string of the molecule is CCOc1ccc(N(CC(=O)N(Cc2ccccc2Cl)[C@H](Cc2ccccc2)C(=O)NCC(C)C)S(=O)(=O)c2ccccc2)cc1. The lowest BCUT2D eigenvalue weighted by molar-refractivity contribution is -0.140. The molecule has 0 aliphatic rings. The molecule has 4 aromatic rings. The van der Waals surface area contributed by atoms with Gasteiger partial charge in [-0.15, -0.1) is 0 Å². The Morgan fingerprint density at radius 3 is 2.07 bits per heavy atom. The van der Waals surface area contributed by atoms with E-state index in [0.717, 1.165) is 9.87 Å². The van der Waals surface area contributed by atoms with Crippen molar-refractivity contribution < 1.29 is 22.7 Å². The standard InChI is InChI=1S/C36H40ClN3O5S/c1-4-45-31-21-19-30(20-22-31)40(46(43,44)32-16-9-6-10-17-32)26-35(41)39(25-29-15-11-12-18-33(29)37)34(36(42)38-24-27(2)3)23-28-13-7-5-8-14-28/h5-22,27,34H,4,23-26H2,1-3H3,(H,38,42)/t34-/m1/s1. The van der Waals surface area contributed by atoms with E-state index in [1.807, 2.05) is 51.1 Å². The zero-order valence-corrected chi connectivity index (χ0v) is 27.9. The number of hydrogen-bond donors (Lipinski definition) is 1. The minimum atomic E-state index is -4.20. The van der Waals surface area contributed by atoms with Gasteiger partial charge in [0.05, 0.1) is 17.2 Å². The van der Waals surface area contributed by atoms with Gasteiger partial charge in [-0.2, -0.15) is 0 Å². The molecule has 0 aromatic heterocycles. The Morgan fingerprint density at radius 2 is 1.46 bits per heavy atom. The third-order valence-corrected chi connectivity index (χ3v) is 9.46. The molecule has 10 heteroatoms. The van der Waals surface area contributed by atoms with E-state index in [9.17, 15) is 18.0 Å². The molecule has 0 radical (unpaired) electrons. The second kappa shape index (κ2) is 16.3. The highest BCUT2D eigenvalue weighted by atomic mass is 35.5. The quantitative estimate of drug-likeness (QED) is 0.160. The van der Waals surface area contributed by atoms with Crippen LogP contribution in [-0.2, 0) is 32.6 Å². The first-order valence-corrected chi connectivity index (χ1v) is 17.1. The topological polar surface area (TPSA) is 96.0 Å². The zero-order chi connectivity index (χ0) is 33.1. The van der Waals surface area contributed by atoms with Crippen LogP contribution in [0, 0.1) is 5.92 Å². The maximum atomic E-state index is 14.5. The van der Waals surface area contributed by atoms with Gasteiger partial charge in [0.15, 0.2) is 0 Å². The third kappa shape index (κ3) is 9.11. The molecule has 2 amide bonds. The number of carbonyl (C=O) groups is 2. The van der Waals surface area contributed by atoms with Crippen molar-refractivity contribution in [3.63, 3.8) is 0 Å². The monoisotopic (exact) mass is 661 g/mol. The van der Waals surface area contributed by atoms with Crippen molar-refractivity contribution in [1.82, 2.24) is 10.2 Å². The highest BCUT2D eigenvalue weighted by molar-refractivity contribution is 7.92. The molecule has 0 saturated carbocycles. The number of halogens is 1. The van der Waals surface area contributed by atoms with Crippen LogP contribution < -0.4 is 14.4 Å². The Bertz CT molecular complexity index is 1680. The number of ether oxygens (including phenoxy) is 1. The van der Waals surface area contributed by atoms with E-state index in [0.29, 0.717) is 29.5 Å². The number of hydrogen-bond acceptors (Lipinski definition) is 5. The van der Waals surface area contributed by atoms with Crippen LogP contribution in [0.3, 0.4) is 0 Å². The molecule has 0 aliphatic heterocycles. The van der Waals surface area contributed by atoms with Crippen LogP contribution in [0.25, 0.3) is 0 Å². The highest BCUT2D eigenvalue weighted by Gasteiger charge is 2.35. The van der Waals surface area contributed by atoms with Gasteiger partial charge in [-0.3, -0.25) is 13.9 Å². The van der Waals surface area contributed by atoms with Crippen molar-refractivity contribution in [2.45, 2.75) is 44.7 Å². The molecule has 0 fully saturated rings. The summed E-state index contributed by atoms with van der Waals surface area (Å²) in [5.74, 6) is -0.148. The Balaban J connectivity index is 1.80. The maximum Gasteiger partial charge on any atom is 0.264 e. The molecule has 4 aromatic carbocycles. The van der Waals surface area contributed by atoms with E-state index in [-0.39, 0.29) is 35.4 Å². The number of rotatable bonds is 15. The number of nitrogens with one attached hydrogen (secondary N) is 1. The molecular formula is C36H40ClN3O5S. The van der Waals surface area contributed by atoms with Gasteiger partial charge < -0.3 is 15.0 Å². The molecule has 0 bridgehead atoms. The van der Waals surface area contributed by atoms with Crippen LogP contribution in [-0.4, -0.2) is 50.9 Å². The van der Waals surface area contributed by atoms with Crippen LogP contribution >= 0.6 is 11.6 Å². The summed E-state index contributed by atoms with van der Waals surface area (Å²) in [7, 11) is -4.20. The Morgan fingerprint density at radius 1 is 0.848 bits per heavy atom. The molecular weight excluding hydrogens is 622 g/mol. The smallest absolute Gasteiger partial charge is 0.264 e. The molecule has 4 rings (SSSR count). The normalized spacial score (nSPS) is 11.9. The number of benzene rings is 4. The predicted octanol–water partition coefficient (Wildman–Crippen LogP) is 6.35. The van der Waals surface area contributed by atoms with Gasteiger partial charge in [-0.1, -0.05) is 92.2 Å². The number of sulfonamides is 1. The summed E-state index contributed by atoms with van der Waals surface area (Å²) in [5.41, 5.74) is 1.76. The fourth-order valence-corrected chi connectivity index (χ4v) is 6.54. The fourth-order valence-electron chi connectivity index (χ4n) is 4.91. The third-order valence-electron chi connectivity index (χ3n) is 7.30. The fraction of sp³-hybridized carbons (Fsp3) is 0.278. The number of amides is 2. The van der Waals surface area contributed by atoms with Gasteiger partial charge in [-0.25, -0.2) is 8.42 Å². The number of carbonyl (C=O) groups excluding carboxylic acids is 2. The second-order valence-electron chi connectivity index (χ2n) is 11.2. The maximum absolute atomic E-state index is 14.5. The van der Waals surface area contributed by atoms with E-state index >= 15 is 0 Å². The molecule has 242 valence electrons. The second-order valence-corrected chi connectivity index (χ2v) is 13.5. The van der Waals surface area contributed by atoms with Crippen LogP contribution in [0.15, 0.2) is 114 Å². The molecule has 0 aliphatic carbocycles. The molecule has 1 N–H and O–H groups in total.